The van der Waals surface area contributed by atoms with E-state index >= 15 is 0 Å². The summed E-state index contributed by atoms with van der Waals surface area (Å²) in [5.41, 5.74) is 5.11. The monoisotopic (exact) mass is 524 g/mol. The van der Waals surface area contributed by atoms with Gasteiger partial charge in [0.05, 0.1) is 5.56 Å². The number of hydrogen-bond acceptors (Lipinski definition) is 0. The first-order chi connectivity index (χ1) is 19.5. The highest BCUT2D eigenvalue weighted by Crippen LogP contribution is 2.49. The topological polar surface area (TPSA) is 0 Å². The van der Waals surface area contributed by atoms with Crippen LogP contribution in [0.5, 0.6) is 0 Å². The maximum absolute atomic E-state index is 13.5. The van der Waals surface area contributed by atoms with Crippen molar-refractivity contribution in [1.82, 2.24) is 0 Å². The largest absolute Gasteiger partial charge is 0.416 e. The van der Waals surface area contributed by atoms with Gasteiger partial charge < -0.3 is 0 Å². The van der Waals surface area contributed by atoms with Crippen LogP contribution in [0.3, 0.4) is 0 Å². The van der Waals surface area contributed by atoms with Gasteiger partial charge in [-0.1, -0.05) is 121 Å². The number of hydrogen-bond donors (Lipinski definition) is 0. The minimum atomic E-state index is -4.39. The minimum absolute atomic E-state index is 0.655. The fraction of sp³-hybridized carbons (Fsp3) is 0.0270. The van der Waals surface area contributed by atoms with Crippen LogP contribution in [0.2, 0.25) is 0 Å². The molecule has 0 aliphatic heterocycles. The van der Waals surface area contributed by atoms with Gasteiger partial charge in [-0.25, -0.2) is 0 Å². The molecular weight excluding hydrogens is 501 g/mol. The fourth-order valence-corrected chi connectivity index (χ4v) is 5.92. The molecule has 0 atom stereocenters. The second-order valence-corrected chi connectivity index (χ2v) is 10.00. The second-order valence-electron chi connectivity index (χ2n) is 10.00. The second kappa shape index (κ2) is 9.39. The van der Waals surface area contributed by atoms with E-state index in [2.05, 4.69) is 78.9 Å². The van der Waals surface area contributed by atoms with Gasteiger partial charge in [0.2, 0.25) is 0 Å². The third kappa shape index (κ3) is 3.94. The SMILES string of the molecule is FC(F)(F)c1ccc(-c2cc(-c3ccccc3)c3c4ccccc4c4ccccc4c3c2-c2ccccc2)cc1. The number of halogens is 3. The molecule has 192 valence electrons. The number of fused-ring (bicyclic) bond motifs is 6. The van der Waals surface area contributed by atoms with E-state index < -0.39 is 11.7 Å². The summed E-state index contributed by atoms with van der Waals surface area (Å²) in [5.74, 6) is 0. The zero-order chi connectivity index (χ0) is 27.3. The third-order valence-electron chi connectivity index (χ3n) is 7.68. The van der Waals surface area contributed by atoms with E-state index in [9.17, 15) is 13.2 Å². The van der Waals surface area contributed by atoms with Crippen LogP contribution in [0.25, 0.3) is 65.7 Å². The molecule has 7 aromatic rings. The summed E-state index contributed by atoms with van der Waals surface area (Å²) in [7, 11) is 0. The maximum atomic E-state index is 13.5. The van der Waals surface area contributed by atoms with E-state index in [1.54, 1.807) is 12.1 Å². The van der Waals surface area contributed by atoms with Gasteiger partial charge in [-0.2, -0.15) is 13.2 Å². The summed E-state index contributed by atoms with van der Waals surface area (Å²) in [6.45, 7) is 0. The highest BCUT2D eigenvalue weighted by molar-refractivity contribution is 6.32. The lowest BCUT2D eigenvalue weighted by molar-refractivity contribution is -0.137. The van der Waals surface area contributed by atoms with Gasteiger partial charge in [-0.3, -0.25) is 0 Å². The van der Waals surface area contributed by atoms with E-state index in [0.717, 1.165) is 60.3 Å². The first-order valence-electron chi connectivity index (χ1n) is 13.2. The Balaban J connectivity index is 1.73. The molecule has 0 amide bonds. The molecule has 0 bridgehead atoms. The molecule has 0 fully saturated rings. The molecule has 0 saturated heterocycles. The molecule has 0 aromatic heterocycles. The van der Waals surface area contributed by atoms with Gasteiger partial charge in [0, 0.05) is 0 Å². The molecule has 0 unspecified atom stereocenters. The van der Waals surface area contributed by atoms with Crippen LogP contribution in [0.1, 0.15) is 5.56 Å². The van der Waals surface area contributed by atoms with Gasteiger partial charge in [-0.15, -0.1) is 0 Å². The lowest BCUT2D eigenvalue weighted by atomic mass is 9.81. The fourth-order valence-electron chi connectivity index (χ4n) is 5.92. The molecule has 3 heteroatoms. The molecular formula is C37H23F3. The summed E-state index contributed by atoms with van der Waals surface area (Å²) in [5, 5.41) is 6.80. The van der Waals surface area contributed by atoms with Crippen molar-refractivity contribution in [2.45, 2.75) is 6.18 Å². The van der Waals surface area contributed by atoms with E-state index in [1.165, 1.54) is 17.5 Å². The molecule has 0 aliphatic carbocycles. The smallest absolute Gasteiger partial charge is 0.166 e. The van der Waals surface area contributed by atoms with Gasteiger partial charge in [0.25, 0.3) is 0 Å². The van der Waals surface area contributed by atoms with E-state index in [0.29, 0.717) is 0 Å². The van der Waals surface area contributed by atoms with Crippen LogP contribution < -0.4 is 0 Å². The van der Waals surface area contributed by atoms with Crippen molar-refractivity contribution in [3.05, 3.63) is 145 Å². The van der Waals surface area contributed by atoms with Crippen molar-refractivity contribution in [3.63, 3.8) is 0 Å². The van der Waals surface area contributed by atoms with Gasteiger partial charge in [0.1, 0.15) is 0 Å². The van der Waals surface area contributed by atoms with E-state index in [4.69, 9.17) is 0 Å². The van der Waals surface area contributed by atoms with Crippen LogP contribution in [0, 0.1) is 0 Å². The van der Waals surface area contributed by atoms with Crippen LogP contribution in [-0.2, 0) is 6.18 Å². The van der Waals surface area contributed by atoms with Gasteiger partial charge in [-0.05, 0) is 83.9 Å². The van der Waals surface area contributed by atoms with E-state index in [1.807, 2.05) is 36.4 Å². The number of benzene rings is 7. The van der Waals surface area contributed by atoms with Crippen molar-refractivity contribution < 1.29 is 13.2 Å². The molecule has 7 rings (SSSR count). The summed E-state index contributed by atoms with van der Waals surface area (Å²) in [6, 6.07) is 45.0. The highest BCUT2D eigenvalue weighted by atomic mass is 19.4. The molecule has 40 heavy (non-hydrogen) atoms. The molecule has 0 nitrogen and oxygen atoms in total. The predicted octanol–water partition coefficient (Wildman–Crippen LogP) is 11.2. The summed E-state index contributed by atoms with van der Waals surface area (Å²) >= 11 is 0. The number of rotatable bonds is 3. The Morgan fingerprint density at radius 3 is 1.38 bits per heavy atom. The van der Waals surface area contributed by atoms with Crippen LogP contribution in [0.4, 0.5) is 13.2 Å². The lowest BCUT2D eigenvalue weighted by Gasteiger charge is -2.22. The van der Waals surface area contributed by atoms with Crippen LogP contribution in [0.15, 0.2) is 140 Å². The maximum Gasteiger partial charge on any atom is 0.416 e. The zero-order valence-corrected chi connectivity index (χ0v) is 21.4. The van der Waals surface area contributed by atoms with Crippen molar-refractivity contribution >= 4 is 32.3 Å². The van der Waals surface area contributed by atoms with Gasteiger partial charge >= 0.3 is 6.18 Å². The Morgan fingerprint density at radius 2 is 0.825 bits per heavy atom. The van der Waals surface area contributed by atoms with Crippen molar-refractivity contribution in [3.8, 4) is 33.4 Å². The number of alkyl halides is 3. The highest BCUT2D eigenvalue weighted by Gasteiger charge is 2.30. The Kier molecular flexibility index (Phi) is 5.67. The molecule has 0 aliphatic rings. The first kappa shape index (κ1) is 24.2. The van der Waals surface area contributed by atoms with Gasteiger partial charge in [0.15, 0.2) is 0 Å². The third-order valence-corrected chi connectivity index (χ3v) is 7.68. The predicted molar refractivity (Wildman–Crippen MR) is 160 cm³/mol. The van der Waals surface area contributed by atoms with Crippen LogP contribution in [-0.4, -0.2) is 0 Å². The summed E-state index contributed by atoms with van der Waals surface area (Å²) in [4.78, 5) is 0. The average molecular weight is 525 g/mol. The standard InChI is InChI=1S/C37H23F3/c38-37(39,40)27-21-19-25(20-22-27)32-23-33(24-11-3-1-4-12-24)35-30-17-9-7-15-28(30)29-16-8-10-18-31(29)36(35)34(32)26-13-5-2-6-14-26/h1-23H. The van der Waals surface area contributed by atoms with Crippen LogP contribution >= 0.6 is 0 Å². The minimum Gasteiger partial charge on any atom is -0.166 e. The molecule has 0 radical (unpaired) electrons. The molecule has 0 saturated carbocycles. The van der Waals surface area contributed by atoms with E-state index in [-0.39, 0.29) is 0 Å². The Labute approximate surface area is 230 Å². The van der Waals surface area contributed by atoms with Crippen molar-refractivity contribution in [2.75, 3.05) is 0 Å². The summed E-state index contributed by atoms with van der Waals surface area (Å²) in [6.07, 6.45) is -4.39. The first-order valence-corrected chi connectivity index (χ1v) is 13.2. The summed E-state index contributed by atoms with van der Waals surface area (Å²) < 4.78 is 40.4. The Morgan fingerprint density at radius 1 is 0.375 bits per heavy atom. The Bertz CT molecular complexity index is 2000. The molecule has 0 heterocycles. The van der Waals surface area contributed by atoms with Crippen molar-refractivity contribution in [2.24, 2.45) is 0 Å². The molecule has 0 spiro atoms. The molecule has 0 N–H and O–H groups in total. The average Bonchev–Trinajstić information content (AvgIpc) is 3.01. The zero-order valence-electron chi connectivity index (χ0n) is 21.4. The Hall–Kier alpha value is -4.89. The molecule has 7 aromatic carbocycles. The normalized spacial score (nSPS) is 11.9. The lowest BCUT2D eigenvalue weighted by Crippen LogP contribution is -2.04. The van der Waals surface area contributed by atoms with Crippen molar-refractivity contribution in [1.29, 1.82) is 0 Å². The quantitative estimate of drug-likeness (QED) is 0.202.